The average molecular weight is 264 g/mol. The van der Waals surface area contributed by atoms with Crippen LogP contribution in [-0.2, 0) is 6.61 Å². The van der Waals surface area contributed by atoms with Crippen molar-refractivity contribution in [3.63, 3.8) is 0 Å². The van der Waals surface area contributed by atoms with Gasteiger partial charge in [0.05, 0.1) is 6.20 Å². The van der Waals surface area contributed by atoms with Gasteiger partial charge in [-0.25, -0.2) is 0 Å². The molecular formula is C12H10BrNO. The number of nitrogens with zero attached hydrogens (tertiary/aromatic N) is 1. The van der Waals surface area contributed by atoms with Crippen molar-refractivity contribution in [1.29, 1.82) is 0 Å². The van der Waals surface area contributed by atoms with Crippen LogP contribution in [0.15, 0.2) is 53.3 Å². The molecule has 0 aliphatic rings. The number of hydrogen-bond donors (Lipinski definition) is 0. The van der Waals surface area contributed by atoms with Crippen LogP contribution in [0.1, 0.15) is 5.56 Å². The summed E-state index contributed by atoms with van der Waals surface area (Å²) in [5, 5.41) is 0. The second-order valence-corrected chi connectivity index (χ2v) is 4.02. The first kappa shape index (κ1) is 10.2. The maximum absolute atomic E-state index is 5.56. The van der Waals surface area contributed by atoms with Gasteiger partial charge in [-0.3, -0.25) is 4.98 Å². The summed E-state index contributed by atoms with van der Waals surface area (Å²) >= 11 is 3.42. The van der Waals surface area contributed by atoms with E-state index >= 15 is 0 Å². The Hall–Kier alpha value is -1.35. The first-order valence-corrected chi connectivity index (χ1v) is 5.41. The van der Waals surface area contributed by atoms with Crippen LogP contribution in [0.2, 0.25) is 0 Å². The molecule has 0 radical (unpaired) electrons. The van der Waals surface area contributed by atoms with Crippen molar-refractivity contribution in [3.8, 4) is 5.75 Å². The summed E-state index contributed by atoms with van der Waals surface area (Å²) in [6.45, 7) is 0.561. The van der Waals surface area contributed by atoms with E-state index in [9.17, 15) is 0 Å². The van der Waals surface area contributed by atoms with Crippen LogP contribution in [-0.4, -0.2) is 4.98 Å². The largest absolute Gasteiger partial charge is 0.487 e. The van der Waals surface area contributed by atoms with Gasteiger partial charge in [0.15, 0.2) is 0 Å². The summed E-state index contributed by atoms with van der Waals surface area (Å²) < 4.78 is 6.63. The maximum Gasteiger partial charge on any atom is 0.138 e. The minimum Gasteiger partial charge on any atom is -0.487 e. The van der Waals surface area contributed by atoms with Crippen LogP contribution in [0.5, 0.6) is 5.75 Å². The van der Waals surface area contributed by atoms with E-state index in [0.29, 0.717) is 6.61 Å². The van der Waals surface area contributed by atoms with Gasteiger partial charge in [-0.15, -0.1) is 0 Å². The fraction of sp³-hybridized carbons (Fsp3) is 0.0833. The third-order valence-corrected chi connectivity index (χ3v) is 2.42. The van der Waals surface area contributed by atoms with E-state index in [4.69, 9.17) is 4.74 Å². The fourth-order valence-corrected chi connectivity index (χ4v) is 1.67. The van der Waals surface area contributed by atoms with E-state index in [2.05, 4.69) is 20.9 Å². The summed E-state index contributed by atoms with van der Waals surface area (Å²) in [4.78, 5) is 3.98. The molecule has 3 heteroatoms. The molecule has 1 aromatic carbocycles. The zero-order chi connectivity index (χ0) is 10.5. The van der Waals surface area contributed by atoms with Crippen LogP contribution >= 0.6 is 15.9 Å². The molecule has 2 aromatic rings. The van der Waals surface area contributed by atoms with Crippen molar-refractivity contribution in [3.05, 3.63) is 58.8 Å². The van der Waals surface area contributed by atoms with Gasteiger partial charge in [0, 0.05) is 10.7 Å². The van der Waals surface area contributed by atoms with E-state index in [1.165, 1.54) is 0 Å². The highest BCUT2D eigenvalue weighted by Gasteiger charge is 1.95. The van der Waals surface area contributed by atoms with Crippen molar-refractivity contribution in [1.82, 2.24) is 4.98 Å². The van der Waals surface area contributed by atoms with Gasteiger partial charge in [0.1, 0.15) is 12.4 Å². The number of hydrogen-bond acceptors (Lipinski definition) is 2. The van der Waals surface area contributed by atoms with Crippen molar-refractivity contribution in [2.45, 2.75) is 6.61 Å². The molecule has 0 atom stereocenters. The van der Waals surface area contributed by atoms with Crippen molar-refractivity contribution >= 4 is 15.9 Å². The van der Waals surface area contributed by atoms with Crippen LogP contribution in [0.25, 0.3) is 0 Å². The number of halogens is 1. The molecule has 15 heavy (non-hydrogen) atoms. The Morgan fingerprint density at radius 1 is 1.20 bits per heavy atom. The number of ether oxygens (including phenoxy) is 1. The SMILES string of the molecule is Brc1cccc(COc2cccnc2)c1. The van der Waals surface area contributed by atoms with Gasteiger partial charge >= 0.3 is 0 Å². The Kier molecular flexibility index (Phi) is 3.35. The molecular weight excluding hydrogens is 254 g/mol. The van der Waals surface area contributed by atoms with E-state index < -0.39 is 0 Å². The molecule has 0 fully saturated rings. The second-order valence-electron chi connectivity index (χ2n) is 3.11. The van der Waals surface area contributed by atoms with Gasteiger partial charge < -0.3 is 4.74 Å². The highest BCUT2D eigenvalue weighted by Crippen LogP contribution is 2.14. The second kappa shape index (κ2) is 4.94. The molecule has 2 rings (SSSR count). The lowest BCUT2D eigenvalue weighted by atomic mass is 10.2. The molecule has 0 spiro atoms. The van der Waals surface area contributed by atoms with Gasteiger partial charge in [-0.05, 0) is 29.8 Å². The van der Waals surface area contributed by atoms with E-state index in [-0.39, 0.29) is 0 Å². The molecule has 0 amide bonds. The zero-order valence-electron chi connectivity index (χ0n) is 8.06. The van der Waals surface area contributed by atoms with Gasteiger partial charge in [0.25, 0.3) is 0 Å². The topological polar surface area (TPSA) is 22.1 Å². The Labute approximate surface area is 97.1 Å². The van der Waals surface area contributed by atoms with Crippen molar-refractivity contribution in [2.75, 3.05) is 0 Å². The molecule has 76 valence electrons. The first-order chi connectivity index (χ1) is 7.34. The molecule has 0 bridgehead atoms. The fourth-order valence-electron chi connectivity index (χ4n) is 1.23. The minimum absolute atomic E-state index is 0.561. The van der Waals surface area contributed by atoms with Crippen LogP contribution < -0.4 is 4.74 Å². The summed E-state index contributed by atoms with van der Waals surface area (Å²) in [7, 11) is 0. The van der Waals surface area contributed by atoms with Gasteiger partial charge in [-0.1, -0.05) is 28.1 Å². The summed E-state index contributed by atoms with van der Waals surface area (Å²) in [5.41, 5.74) is 1.13. The molecule has 0 saturated carbocycles. The number of rotatable bonds is 3. The van der Waals surface area contributed by atoms with Gasteiger partial charge in [-0.2, -0.15) is 0 Å². The Bertz CT molecular complexity index is 431. The highest BCUT2D eigenvalue weighted by atomic mass is 79.9. The van der Waals surface area contributed by atoms with Crippen LogP contribution in [0, 0.1) is 0 Å². The predicted molar refractivity (Wildman–Crippen MR) is 62.7 cm³/mol. The third-order valence-electron chi connectivity index (χ3n) is 1.93. The molecule has 0 aliphatic carbocycles. The summed E-state index contributed by atoms with van der Waals surface area (Å²) in [5.74, 6) is 0.789. The van der Waals surface area contributed by atoms with E-state index in [0.717, 1.165) is 15.8 Å². The van der Waals surface area contributed by atoms with E-state index in [1.54, 1.807) is 12.4 Å². The number of benzene rings is 1. The minimum atomic E-state index is 0.561. The molecule has 1 heterocycles. The normalized spacial score (nSPS) is 9.93. The Balaban J connectivity index is 1.99. The van der Waals surface area contributed by atoms with Crippen molar-refractivity contribution < 1.29 is 4.74 Å². The predicted octanol–water partition coefficient (Wildman–Crippen LogP) is 3.42. The quantitative estimate of drug-likeness (QED) is 0.847. The molecule has 0 saturated heterocycles. The standard InChI is InChI=1S/C12H10BrNO/c13-11-4-1-3-10(7-11)9-15-12-5-2-6-14-8-12/h1-8H,9H2. The highest BCUT2D eigenvalue weighted by molar-refractivity contribution is 9.10. The monoisotopic (exact) mass is 263 g/mol. The lowest BCUT2D eigenvalue weighted by Gasteiger charge is -2.05. The summed E-state index contributed by atoms with van der Waals surface area (Å²) in [6.07, 6.45) is 3.43. The van der Waals surface area contributed by atoms with Gasteiger partial charge in [0.2, 0.25) is 0 Å². The third kappa shape index (κ3) is 3.06. The summed E-state index contributed by atoms with van der Waals surface area (Å²) in [6, 6.07) is 11.8. The van der Waals surface area contributed by atoms with Crippen LogP contribution in [0.4, 0.5) is 0 Å². The lowest BCUT2D eigenvalue weighted by Crippen LogP contribution is -1.95. The Morgan fingerprint density at radius 2 is 2.13 bits per heavy atom. The average Bonchev–Trinajstić information content (AvgIpc) is 2.28. The number of pyridine rings is 1. The lowest BCUT2D eigenvalue weighted by molar-refractivity contribution is 0.305. The Morgan fingerprint density at radius 3 is 2.87 bits per heavy atom. The van der Waals surface area contributed by atoms with E-state index in [1.807, 2.05) is 36.4 Å². The molecule has 0 N–H and O–H groups in total. The first-order valence-electron chi connectivity index (χ1n) is 4.62. The zero-order valence-corrected chi connectivity index (χ0v) is 9.65. The number of aromatic nitrogens is 1. The van der Waals surface area contributed by atoms with Crippen molar-refractivity contribution in [2.24, 2.45) is 0 Å². The molecule has 1 aromatic heterocycles. The smallest absolute Gasteiger partial charge is 0.138 e. The molecule has 0 unspecified atom stereocenters. The van der Waals surface area contributed by atoms with Crippen LogP contribution in [0.3, 0.4) is 0 Å². The molecule has 2 nitrogen and oxygen atoms in total. The maximum atomic E-state index is 5.56. The molecule has 0 aliphatic heterocycles.